The molecule has 0 saturated carbocycles. The maximum Gasteiger partial charge on any atom is 0.313 e. The monoisotopic (exact) mass is 315 g/mol. The summed E-state index contributed by atoms with van der Waals surface area (Å²) in [6.07, 6.45) is 3.10. The number of H-pyrrole nitrogens is 1. The number of benzene rings is 1. The van der Waals surface area contributed by atoms with Crippen LogP contribution in [-0.2, 0) is 16.0 Å². The van der Waals surface area contributed by atoms with Gasteiger partial charge < -0.3 is 20.7 Å². The Bertz CT molecular complexity index is 727. The molecule has 2 aromatic rings. The fourth-order valence-electron chi connectivity index (χ4n) is 2.00. The Balaban J connectivity index is 1.95. The van der Waals surface area contributed by atoms with Gasteiger partial charge in [-0.25, -0.2) is 0 Å². The molecule has 0 bridgehead atoms. The third kappa shape index (κ3) is 4.79. The van der Waals surface area contributed by atoms with E-state index in [1.165, 1.54) is 18.5 Å². The van der Waals surface area contributed by atoms with Gasteiger partial charge in [0, 0.05) is 18.5 Å². The molecule has 0 aliphatic rings. The summed E-state index contributed by atoms with van der Waals surface area (Å²) in [5.74, 6) is -1.88. The molecule has 23 heavy (non-hydrogen) atoms. The Morgan fingerprint density at radius 3 is 2.52 bits per heavy atom. The smallest absolute Gasteiger partial charge is 0.313 e. The van der Waals surface area contributed by atoms with Crippen molar-refractivity contribution in [1.82, 2.24) is 10.3 Å². The number of anilines is 1. The molecule has 0 saturated heterocycles. The summed E-state index contributed by atoms with van der Waals surface area (Å²) in [5.41, 5.74) is 0.496. The van der Waals surface area contributed by atoms with Crippen LogP contribution in [0.1, 0.15) is 5.56 Å². The average Bonchev–Trinajstić information content (AvgIpc) is 2.57. The molecule has 1 aromatic heterocycles. The molecule has 2 rings (SSSR count). The zero-order chi connectivity index (χ0) is 16.7. The molecule has 4 N–H and O–H groups in total. The number of carbonyl (C=O) groups excluding carboxylic acids is 2. The summed E-state index contributed by atoms with van der Waals surface area (Å²) in [7, 11) is 0. The van der Waals surface area contributed by atoms with Crippen LogP contribution >= 0.6 is 0 Å². The van der Waals surface area contributed by atoms with Crippen LogP contribution < -0.4 is 16.1 Å². The van der Waals surface area contributed by atoms with Crippen LogP contribution in [0.4, 0.5) is 5.69 Å². The molecule has 1 aromatic carbocycles. The van der Waals surface area contributed by atoms with Crippen molar-refractivity contribution in [2.45, 2.75) is 12.5 Å². The number of carbonyl (C=O) groups is 2. The number of aromatic nitrogens is 1. The van der Waals surface area contributed by atoms with Gasteiger partial charge in [-0.3, -0.25) is 14.4 Å². The van der Waals surface area contributed by atoms with Gasteiger partial charge in [0.1, 0.15) is 5.69 Å². The summed E-state index contributed by atoms with van der Waals surface area (Å²) >= 11 is 0. The van der Waals surface area contributed by atoms with E-state index in [1.54, 1.807) is 0 Å². The van der Waals surface area contributed by atoms with Crippen LogP contribution in [0, 0.1) is 0 Å². The number of rotatable bonds is 5. The largest absolute Gasteiger partial charge is 0.394 e. The van der Waals surface area contributed by atoms with E-state index in [9.17, 15) is 19.5 Å². The van der Waals surface area contributed by atoms with Gasteiger partial charge in [0.05, 0.1) is 12.6 Å². The highest BCUT2D eigenvalue weighted by Gasteiger charge is 2.19. The zero-order valence-corrected chi connectivity index (χ0v) is 12.3. The highest BCUT2D eigenvalue weighted by atomic mass is 16.3. The van der Waals surface area contributed by atoms with E-state index >= 15 is 0 Å². The predicted molar refractivity (Wildman–Crippen MR) is 84.9 cm³/mol. The fourth-order valence-corrected chi connectivity index (χ4v) is 2.00. The molecule has 2 amide bonds. The minimum atomic E-state index is -0.965. The number of amides is 2. The second-order valence-corrected chi connectivity index (χ2v) is 4.92. The average molecular weight is 315 g/mol. The van der Waals surface area contributed by atoms with Crippen LogP contribution in [0.25, 0.3) is 0 Å². The molecule has 7 nitrogen and oxygen atoms in total. The first-order chi connectivity index (χ1) is 11.1. The van der Waals surface area contributed by atoms with Crippen molar-refractivity contribution < 1.29 is 14.7 Å². The minimum absolute atomic E-state index is 0.0174. The van der Waals surface area contributed by atoms with Crippen molar-refractivity contribution in [1.29, 1.82) is 0 Å². The van der Waals surface area contributed by atoms with Crippen molar-refractivity contribution in [3.63, 3.8) is 0 Å². The molecule has 0 aliphatic heterocycles. The fraction of sp³-hybridized carbons (Fsp3) is 0.188. The first-order valence-electron chi connectivity index (χ1n) is 7.04. The van der Waals surface area contributed by atoms with Crippen LogP contribution in [0.15, 0.2) is 53.6 Å². The highest BCUT2D eigenvalue weighted by Crippen LogP contribution is 2.03. The molecule has 0 unspecified atom stereocenters. The first-order valence-corrected chi connectivity index (χ1v) is 7.04. The number of aliphatic hydroxyl groups is 1. The minimum Gasteiger partial charge on any atom is -0.394 e. The summed E-state index contributed by atoms with van der Waals surface area (Å²) in [4.78, 5) is 37.8. The van der Waals surface area contributed by atoms with Gasteiger partial charge in [0.2, 0.25) is 5.43 Å². The summed E-state index contributed by atoms with van der Waals surface area (Å²) in [6, 6.07) is 9.92. The summed E-state index contributed by atoms with van der Waals surface area (Å²) in [6.45, 7) is -0.306. The van der Waals surface area contributed by atoms with E-state index in [-0.39, 0.29) is 12.3 Å². The molecule has 120 valence electrons. The Labute approximate surface area is 132 Å². The van der Waals surface area contributed by atoms with Gasteiger partial charge in [0.15, 0.2) is 0 Å². The molecule has 1 heterocycles. The lowest BCUT2D eigenvalue weighted by molar-refractivity contribution is -0.136. The van der Waals surface area contributed by atoms with E-state index in [4.69, 9.17) is 0 Å². The topological polar surface area (TPSA) is 111 Å². The molecule has 0 fully saturated rings. The summed E-state index contributed by atoms with van der Waals surface area (Å²) < 4.78 is 0. The molecule has 0 aliphatic carbocycles. The van der Waals surface area contributed by atoms with Crippen LogP contribution in [0.5, 0.6) is 0 Å². The maximum atomic E-state index is 11.9. The Kier molecular flexibility index (Phi) is 5.65. The standard InChI is InChI=1S/C16H17N3O4/c20-10-12(8-11-4-2-1-3-5-11)18-15(22)16(23)19-13-9-17-7-6-14(13)21/h1-7,9,12,20H,8,10H2,(H,17,21)(H,18,22)(H,19,23)/t12-/m0/s1. The molecular formula is C16H17N3O4. The number of hydrogen-bond donors (Lipinski definition) is 4. The van der Waals surface area contributed by atoms with Crippen molar-refractivity contribution in [3.05, 3.63) is 64.6 Å². The molecule has 7 heteroatoms. The molecule has 0 spiro atoms. The Hall–Kier alpha value is -2.93. The second kappa shape index (κ2) is 7.90. The maximum absolute atomic E-state index is 11.9. The van der Waals surface area contributed by atoms with E-state index in [0.29, 0.717) is 6.42 Å². The Morgan fingerprint density at radius 1 is 1.13 bits per heavy atom. The van der Waals surface area contributed by atoms with Crippen LogP contribution in [0.3, 0.4) is 0 Å². The number of nitrogens with one attached hydrogen (secondary N) is 3. The molecular weight excluding hydrogens is 298 g/mol. The highest BCUT2D eigenvalue weighted by molar-refractivity contribution is 6.39. The first kappa shape index (κ1) is 16.4. The van der Waals surface area contributed by atoms with Crippen molar-refractivity contribution >= 4 is 17.5 Å². The lowest BCUT2D eigenvalue weighted by atomic mass is 10.1. The van der Waals surface area contributed by atoms with Gasteiger partial charge in [-0.2, -0.15) is 0 Å². The normalized spacial score (nSPS) is 11.5. The van der Waals surface area contributed by atoms with Crippen LogP contribution in [0.2, 0.25) is 0 Å². The van der Waals surface area contributed by atoms with Gasteiger partial charge in [-0.15, -0.1) is 0 Å². The SMILES string of the molecule is O=C(Nc1c[nH]ccc1=O)C(=O)N[C@H](CO)Cc1ccccc1. The van der Waals surface area contributed by atoms with E-state index in [0.717, 1.165) is 5.56 Å². The zero-order valence-electron chi connectivity index (χ0n) is 12.3. The Morgan fingerprint density at radius 2 is 1.87 bits per heavy atom. The van der Waals surface area contributed by atoms with E-state index in [1.807, 2.05) is 30.3 Å². The predicted octanol–water partition coefficient (Wildman–Crippen LogP) is 0.0332. The quantitative estimate of drug-likeness (QED) is 0.583. The number of hydrogen-bond acceptors (Lipinski definition) is 4. The third-order valence-corrected chi connectivity index (χ3v) is 3.16. The third-order valence-electron chi connectivity index (χ3n) is 3.16. The van der Waals surface area contributed by atoms with E-state index < -0.39 is 23.3 Å². The van der Waals surface area contributed by atoms with Crippen molar-refractivity contribution in [3.8, 4) is 0 Å². The van der Waals surface area contributed by atoms with Gasteiger partial charge >= 0.3 is 11.8 Å². The number of aromatic amines is 1. The molecule has 0 radical (unpaired) electrons. The lowest BCUT2D eigenvalue weighted by Gasteiger charge is -2.16. The van der Waals surface area contributed by atoms with Gasteiger partial charge in [-0.1, -0.05) is 30.3 Å². The lowest BCUT2D eigenvalue weighted by Crippen LogP contribution is -2.45. The van der Waals surface area contributed by atoms with Crippen LogP contribution in [-0.4, -0.2) is 34.6 Å². The van der Waals surface area contributed by atoms with E-state index in [2.05, 4.69) is 15.6 Å². The van der Waals surface area contributed by atoms with Gasteiger partial charge in [-0.05, 0) is 12.0 Å². The number of pyridine rings is 1. The van der Waals surface area contributed by atoms with Crippen molar-refractivity contribution in [2.75, 3.05) is 11.9 Å². The molecule has 1 atom stereocenters. The summed E-state index contributed by atoms with van der Waals surface area (Å²) in [5, 5.41) is 14.0. The number of aliphatic hydroxyl groups excluding tert-OH is 1. The van der Waals surface area contributed by atoms with Crippen molar-refractivity contribution in [2.24, 2.45) is 0 Å². The second-order valence-electron chi connectivity index (χ2n) is 4.92. The van der Waals surface area contributed by atoms with Gasteiger partial charge in [0.25, 0.3) is 0 Å².